The first kappa shape index (κ1) is 20.3. The number of hydrogen-bond acceptors (Lipinski definition) is 6. The van der Waals surface area contributed by atoms with E-state index in [1.165, 1.54) is 4.90 Å². The second-order valence-electron chi connectivity index (χ2n) is 8.58. The number of ether oxygens (including phenoxy) is 2. The molecule has 2 aliphatic rings. The molecule has 4 heterocycles. The SMILES string of the molecule is Cc1ccc2cc([C@H](c3nnnn3C[C@H]3CCCO3)[NH+]3CCOCC3)c(=O)[nH]c2c1C. The molecule has 0 bridgehead atoms. The number of rotatable bonds is 5. The standard InChI is InChI=1S/C22H28N6O3/c1-14-5-6-16-12-18(22(29)23-19(16)15(14)2)20(27-7-10-30-11-8-27)21-24-25-26-28(21)13-17-4-3-9-31-17/h5-6,12,17,20H,3-4,7-11,13H2,1-2H3,(H,23,29)/p+1/t17-,20-/m1/s1. The smallest absolute Gasteiger partial charge is 0.258 e. The lowest BCUT2D eigenvalue weighted by molar-refractivity contribution is -0.933. The molecule has 0 aliphatic carbocycles. The molecule has 9 nitrogen and oxygen atoms in total. The van der Waals surface area contributed by atoms with Crippen LogP contribution in [0.5, 0.6) is 0 Å². The first-order valence-electron chi connectivity index (χ1n) is 11.0. The number of H-pyrrole nitrogens is 1. The van der Waals surface area contributed by atoms with Crippen molar-refractivity contribution in [3.8, 4) is 0 Å². The molecule has 2 saturated heterocycles. The third kappa shape index (κ3) is 3.88. The fourth-order valence-corrected chi connectivity index (χ4v) is 4.75. The number of nitrogens with zero attached hydrogens (tertiary/aromatic N) is 4. The van der Waals surface area contributed by atoms with Gasteiger partial charge in [-0.05, 0) is 59.7 Å². The Morgan fingerprint density at radius 1 is 1.26 bits per heavy atom. The van der Waals surface area contributed by atoms with Crippen LogP contribution in [-0.2, 0) is 16.0 Å². The summed E-state index contributed by atoms with van der Waals surface area (Å²) in [5, 5.41) is 13.6. The highest BCUT2D eigenvalue weighted by Crippen LogP contribution is 2.23. The van der Waals surface area contributed by atoms with Crippen molar-refractivity contribution in [2.24, 2.45) is 0 Å². The van der Waals surface area contributed by atoms with Crippen molar-refractivity contribution < 1.29 is 14.4 Å². The van der Waals surface area contributed by atoms with Gasteiger partial charge in [-0.15, -0.1) is 5.10 Å². The lowest BCUT2D eigenvalue weighted by Gasteiger charge is -2.30. The molecule has 9 heteroatoms. The Balaban J connectivity index is 1.61. The Hall–Kier alpha value is -2.62. The van der Waals surface area contributed by atoms with Crippen molar-refractivity contribution >= 4 is 10.9 Å². The molecule has 2 atom stereocenters. The van der Waals surface area contributed by atoms with E-state index < -0.39 is 0 Å². The maximum absolute atomic E-state index is 13.3. The highest BCUT2D eigenvalue weighted by Gasteiger charge is 2.35. The average molecular weight is 426 g/mol. The van der Waals surface area contributed by atoms with Gasteiger partial charge in [0.2, 0.25) is 5.82 Å². The lowest BCUT2D eigenvalue weighted by atomic mass is 10.00. The summed E-state index contributed by atoms with van der Waals surface area (Å²) in [6, 6.07) is 5.91. The number of fused-ring (bicyclic) bond motifs is 1. The van der Waals surface area contributed by atoms with Crippen molar-refractivity contribution in [1.29, 1.82) is 0 Å². The maximum atomic E-state index is 13.3. The molecule has 2 fully saturated rings. The van der Waals surface area contributed by atoms with E-state index in [0.29, 0.717) is 31.1 Å². The van der Waals surface area contributed by atoms with Gasteiger partial charge in [0.1, 0.15) is 13.1 Å². The van der Waals surface area contributed by atoms with Gasteiger partial charge in [0.25, 0.3) is 5.56 Å². The number of pyridine rings is 1. The number of nitrogens with one attached hydrogen (secondary N) is 2. The summed E-state index contributed by atoms with van der Waals surface area (Å²) in [4.78, 5) is 17.7. The summed E-state index contributed by atoms with van der Waals surface area (Å²) in [5.74, 6) is 0.709. The normalized spacial score (nSPS) is 21.0. The van der Waals surface area contributed by atoms with E-state index in [9.17, 15) is 4.79 Å². The summed E-state index contributed by atoms with van der Waals surface area (Å²) in [6.07, 6.45) is 2.18. The molecule has 2 aliphatic heterocycles. The molecule has 31 heavy (non-hydrogen) atoms. The Morgan fingerprint density at radius 3 is 2.87 bits per heavy atom. The molecular weight excluding hydrogens is 396 g/mol. The lowest BCUT2D eigenvalue weighted by Crippen LogP contribution is -3.14. The van der Waals surface area contributed by atoms with Gasteiger partial charge in [-0.1, -0.05) is 12.1 Å². The fraction of sp³-hybridized carbons (Fsp3) is 0.545. The number of morpholine rings is 1. The number of aromatic nitrogens is 5. The third-order valence-electron chi connectivity index (χ3n) is 6.65. The molecule has 0 saturated carbocycles. The van der Waals surface area contributed by atoms with Gasteiger partial charge in [-0.2, -0.15) is 0 Å². The van der Waals surface area contributed by atoms with Crippen LogP contribution in [0.1, 0.15) is 41.4 Å². The van der Waals surface area contributed by atoms with Gasteiger partial charge >= 0.3 is 0 Å². The van der Waals surface area contributed by atoms with E-state index in [4.69, 9.17) is 9.47 Å². The van der Waals surface area contributed by atoms with Crippen LogP contribution in [0.3, 0.4) is 0 Å². The van der Waals surface area contributed by atoms with Crippen LogP contribution in [0.2, 0.25) is 0 Å². The number of quaternary nitrogens is 1. The van der Waals surface area contributed by atoms with Crippen LogP contribution in [0, 0.1) is 13.8 Å². The molecule has 5 rings (SSSR count). The van der Waals surface area contributed by atoms with E-state index in [2.05, 4.69) is 39.6 Å². The van der Waals surface area contributed by atoms with E-state index in [1.807, 2.05) is 17.7 Å². The predicted molar refractivity (Wildman–Crippen MR) is 114 cm³/mol. The van der Waals surface area contributed by atoms with Crippen LogP contribution < -0.4 is 10.5 Å². The van der Waals surface area contributed by atoms with Crippen molar-refractivity contribution in [1.82, 2.24) is 25.2 Å². The fourth-order valence-electron chi connectivity index (χ4n) is 4.75. The Kier molecular flexibility index (Phi) is 5.56. The van der Waals surface area contributed by atoms with Crippen molar-refractivity contribution in [3.05, 3.63) is 51.1 Å². The van der Waals surface area contributed by atoms with Gasteiger partial charge in [0.15, 0.2) is 6.04 Å². The van der Waals surface area contributed by atoms with E-state index in [-0.39, 0.29) is 17.7 Å². The number of aromatic amines is 1. The van der Waals surface area contributed by atoms with E-state index >= 15 is 0 Å². The van der Waals surface area contributed by atoms with Crippen molar-refractivity contribution in [3.63, 3.8) is 0 Å². The highest BCUT2D eigenvalue weighted by molar-refractivity contribution is 5.83. The van der Waals surface area contributed by atoms with Crippen LogP contribution in [0.25, 0.3) is 10.9 Å². The summed E-state index contributed by atoms with van der Waals surface area (Å²) in [5.41, 5.74) is 3.75. The monoisotopic (exact) mass is 425 g/mol. The molecule has 3 aromatic rings. The number of hydrogen-bond donors (Lipinski definition) is 2. The second kappa shape index (κ2) is 8.49. The largest absolute Gasteiger partial charge is 0.376 e. The zero-order chi connectivity index (χ0) is 21.4. The van der Waals surface area contributed by atoms with Crippen molar-refractivity contribution in [2.45, 2.75) is 45.4 Å². The minimum absolute atomic E-state index is 0.0862. The van der Waals surface area contributed by atoms with Gasteiger partial charge < -0.3 is 19.4 Å². The maximum Gasteiger partial charge on any atom is 0.258 e. The Labute approximate surface area is 180 Å². The van der Waals surface area contributed by atoms with Crippen LogP contribution in [0.15, 0.2) is 23.0 Å². The quantitative estimate of drug-likeness (QED) is 0.611. The zero-order valence-electron chi connectivity index (χ0n) is 18.1. The summed E-state index contributed by atoms with van der Waals surface area (Å²) < 4.78 is 13.2. The molecule has 2 aromatic heterocycles. The second-order valence-corrected chi connectivity index (χ2v) is 8.58. The van der Waals surface area contributed by atoms with Crippen LogP contribution >= 0.6 is 0 Å². The number of aryl methyl sites for hydroxylation is 2. The molecule has 0 radical (unpaired) electrons. The average Bonchev–Trinajstić information content (AvgIpc) is 3.46. The zero-order valence-corrected chi connectivity index (χ0v) is 18.1. The highest BCUT2D eigenvalue weighted by atomic mass is 16.5. The van der Waals surface area contributed by atoms with E-state index in [0.717, 1.165) is 54.6 Å². The Bertz CT molecular complexity index is 1130. The Morgan fingerprint density at radius 2 is 2.10 bits per heavy atom. The summed E-state index contributed by atoms with van der Waals surface area (Å²) in [6.45, 7) is 8.38. The molecule has 2 N–H and O–H groups in total. The molecule has 0 amide bonds. The minimum Gasteiger partial charge on any atom is -0.376 e. The third-order valence-corrected chi connectivity index (χ3v) is 6.65. The summed E-state index contributed by atoms with van der Waals surface area (Å²) >= 11 is 0. The van der Waals surface area contributed by atoms with Gasteiger partial charge in [-0.3, -0.25) is 4.79 Å². The number of tetrazole rings is 1. The molecular formula is C22H29N6O3+. The van der Waals surface area contributed by atoms with Crippen LogP contribution in [-0.4, -0.2) is 64.2 Å². The predicted octanol–water partition coefficient (Wildman–Crippen LogP) is 0.315. The molecule has 1 aromatic carbocycles. The van der Waals surface area contributed by atoms with Gasteiger partial charge in [0, 0.05) is 6.61 Å². The molecule has 0 unspecified atom stereocenters. The van der Waals surface area contributed by atoms with Crippen LogP contribution in [0.4, 0.5) is 0 Å². The molecule has 164 valence electrons. The minimum atomic E-state index is -0.268. The summed E-state index contributed by atoms with van der Waals surface area (Å²) in [7, 11) is 0. The van der Waals surface area contributed by atoms with Gasteiger partial charge in [0.05, 0.1) is 36.9 Å². The first-order chi connectivity index (χ1) is 15.1. The van der Waals surface area contributed by atoms with Crippen molar-refractivity contribution in [2.75, 3.05) is 32.9 Å². The topological polar surface area (TPSA) is 99.4 Å². The van der Waals surface area contributed by atoms with Gasteiger partial charge in [-0.25, -0.2) is 4.68 Å². The van der Waals surface area contributed by atoms with E-state index in [1.54, 1.807) is 0 Å². The number of benzene rings is 1. The molecule has 0 spiro atoms. The first-order valence-corrected chi connectivity index (χ1v) is 11.0.